The van der Waals surface area contributed by atoms with E-state index < -0.39 is 0 Å². The first-order valence-corrected chi connectivity index (χ1v) is 12.3. The van der Waals surface area contributed by atoms with Crippen molar-refractivity contribution in [3.63, 3.8) is 0 Å². The van der Waals surface area contributed by atoms with E-state index >= 15 is 0 Å². The van der Waals surface area contributed by atoms with E-state index in [1.54, 1.807) is 22.8 Å². The van der Waals surface area contributed by atoms with Gasteiger partial charge in [0.15, 0.2) is 0 Å². The van der Waals surface area contributed by atoms with Gasteiger partial charge in [0.2, 0.25) is 11.8 Å². The number of aryl methyl sites for hydroxylation is 1. The summed E-state index contributed by atoms with van der Waals surface area (Å²) in [6.45, 7) is 6.79. The summed E-state index contributed by atoms with van der Waals surface area (Å²) in [6, 6.07) is 5.16. The van der Waals surface area contributed by atoms with Crippen molar-refractivity contribution in [2.75, 3.05) is 31.5 Å². The van der Waals surface area contributed by atoms with Crippen molar-refractivity contribution in [2.24, 2.45) is 5.92 Å². The molecule has 2 aliphatic rings. The van der Waals surface area contributed by atoms with E-state index in [4.69, 9.17) is 0 Å². The van der Waals surface area contributed by atoms with Gasteiger partial charge in [-0.2, -0.15) is 0 Å². The van der Waals surface area contributed by atoms with Gasteiger partial charge in [-0.15, -0.1) is 0 Å². The highest BCUT2D eigenvalue weighted by molar-refractivity contribution is 6.04. The molecule has 0 atom stereocenters. The summed E-state index contributed by atoms with van der Waals surface area (Å²) >= 11 is 0. The van der Waals surface area contributed by atoms with E-state index in [2.05, 4.69) is 27.4 Å². The molecule has 2 aromatic rings. The van der Waals surface area contributed by atoms with E-state index in [9.17, 15) is 14.4 Å². The van der Waals surface area contributed by atoms with Crippen LogP contribution in [-0.4, -0.2) is 52.4 Å². The molecule has 178 valence electrons. The molecule has 1 fully saturated rings. The molecule has 33 heavy (non-hydrogen) atoms. The third-order valence-electron chi connectivity index (χ3n) is 6.77. The molecule has 3 heterocycles. The molecule has 2 N–H and O–H groups in total. The molecule has 2 aliphatic heterocycles. The molecule has 4 rings (SSSR count). The van der Waals surface area contributed by atoms with Gasteiger partial charge in [-0.3, -0.25) is 19.0 Å². The van der Waals surface area contributed by atoms with Crippen LogP contribution in [-0.2, 0) is 22.6 Å². The monoisotopic (exact) mass is 453 g/mol. The molecular formula is C25H35N5O3. The van der Waals surface area contributed by atoms with Gasteiger partial charge in [-0.1, -0.05) is 13.3 Å². The zero-order valence-electron chi connectivity index (χ0n) is 19.6. The van der Waals surface area contributed by atoms with Crippen molar-refractivity contribution in [3.8, 4) is 0 Å². The summed E-state index contributed by atoms with van der Waals surface area (Å²) in [5.41, 5.74) is 1.09. The van der Waals surface area contributed by atoms with Crippen molar-refractivity contribution in [2.45, 2.75) is 64.8 Å². The molecule has 0 aliphatic carbocycles. The standard InChI is InChI=1S/C25H35N5O3/c1-18-9-14-29(15-10-18)12-5-11-26-23(31)17-24(32)27-19-7-8-21-20(16-19)25(33)30-13-4-2-3-6-22(30)28-21/h7-8,16,18H,2-6,9-15,17H2,1H3,(H,26,31)(H,27,32). The molecule has 0 saturated carbocycles. The Bertz CT molecular complexity index is 1060. The van der Waals surface area contributed by atoms with E-state index in [0.717, 1.165) is 63.5 Å². The quantitative estimate of drug-likeness (QED) is 0.496. The van der Waals surface area contributed by atoms with E-state index in [0.29, 0.717) is 29.7 Å². The van der Waals surface area contributed by atoms with Gasteiger partial charge in [-0.25, -0.2) is 4.98 Å². The smallest absolute Gasteiger partial charge is 0.261 e. The minimum Gasteiger partial charge on any atom is -0.356 e. The van der Waals surface area contributed by atoms with Crippen LogP contribution in [0.5, 0.6) is 0 Å². The second-order valence-corrected chi connectivity index (χ2v) is 9.48. The third kappa shape index (κ3) is 6.19. The van der Waals surface area contributed by atoms with Gasteiger partial charge in [0.25, 0.3) is 5.56 Å². The van der Waals surface area contributed by atoms with Gasteiger partial charge in [-0.05, 0) is 75.9 Å². The van der Waals surface area contributed by atoms with Crippen molar-refractivity contribution in [1.29, 1.82) is 0 Å². The molecule has 8 heteroatoms. The van der Waals surface area contributed by atoms with Crippen LogP contribution in [0.4, 0.5) is 5.69 Å². The van der Waals surface area contributed by atoms with Crippen molar-refractivity contribution < 1.29 is 9.59 Å². The van der Waals surface area contributed by atoms with Crippen LogP contribution in [0.15, 0.2) is 23.0 Å². The van der Waals surface area contributed by atoms with Crippen LogP contribution >= 0.6 is 0 Å². The maximum atomic E-state index is 13.0. The highest BCUT2D eigenvalue weighted by Crippen LogP contribution is 2.19. The number of piperidine rings is 1. The minimum absolute atomic E-state index is 0.0612. The SMILES string of the molecule is CC1CCN(CCCNC(=O)CC(=O)Nc2ccc3nc4n(c(=O)c3c2)CCCCC4)CC1. The summed E-state index contributed by atoms with van der Waals surface area (Å²) in [5, 5.41) is 6.08. The first-order valence-electron chi connectivity index (χ1n) is 12.3. The second-order valence-electron chi connectivity index (χ2n) is 9.48. The van der Waals surface area contributed by atoms with Crippen LogP contribution in [0, 0.1) is 5.92 Å². The fraction of sp³-hybridized carbons (Fsp3) is 0.600. The minimum atomic E-state index is -0.389. The van der Waals surface area contributed by atoms with E-state index in [-0.39, 0.29) is 23.8 Å². The number of aromatic nitrogens is 2. The lowest BCUT2D eigenvalue weighted by Crippen LogP contribution is -2.36. The predicted octanol–water partition coefficient (Wildman–Crippen LogP) is 2.69. The Morgan fingerprint density at radius 2 is 1.91 bits per heavy atom. The average Bonchev–Trinajstić information content (AvgIpc) is 3.04. The summed E-state index contributed by atoms with van der Waals surface area (Å²) in [6.07, 6.45) is 7.07. The Hall–Kier alpha value is -2.74. The second kappa shape index (κ2) is 10.9. The van der Waals surface area contributed by atoms with Gasteiger partial charge in [0.1, 0.15) is 12.2 Å². The fourth-order valence-corrected chi connectivity index (χ4v) is 4.73. The number of carbonyl (C=O) groups is 2. The number of likely N-dealkylation sites (tertiary alicyclic amines) is 1. The maximum absolute atomic E-state index is 13.0. The van der Waals surface area contributed by atoms with Gasteiger partial charge < -0.3 is 15.5 Å². The van der Waals surface area contributed by atoms with E-state index in [1.165, 1.54) is 12.8 Å². The normalized spacial score (nSPS) is 17.4. The number of hydrogen-bond donors (Lipinski definition) is 2. The molecular weight excluding hydrogens is 418 g/mol. The van der Waals surface area contributed by atoms with Crippen LogP contribution in [0.3, 0.4) is 0 Å². The number of hydrogen-bond acceptors (Lipinski definition) is 5. The molecule has 1 saturated heterocycles. The lowest BCUT2D eigenvalue weighted by molar-refractivity contribution is -0.126. The molecule has 0 bridgehead atoms. The highest BCUT2D eigenvalue weighted by Gasteiger charge is 2.16. The van der Waals surface area contributed by atoms with Crippen LogP contribution in [0.2, 0.25) is 0 Å². The number of benzene rings is 1. The number of carbonyl (C=O) groups excluding carboxylic acids is 2. The number of nitrogens with one attached hydrogen (secondary N) is 2. The fourth-order valence-electron chi connectivity index (χ4n) is 4.73. The molecule has 0 unspecified atom stereocenters. The Morgan fingerprint density at radius 3 is 2.73 bits per heavy atom. The molecule has 0 spiro atoms. The Labute approximate surface area is 194 Å². The van der Waals surface area contributed by atoms with Gasteiger partial charge in [0.05, 0.1) is 10.9 Å². The first kappa shape index (κ1) is 23.4. The molecule has 2 amide bonds. The largest absolute Gasteiger partial charge is 0.356 e. The Morgan fingerprint density at radius 1 is 1.09 bits per heavy atom. The van der Waals surface area contributed by atoms with Crippen LogP contribution in [0.1, 0.15) is 57.7 Å². The average molecular weight is 454 g/mol. The number of anilines is 1. The highest BCUT2D eigenvalue weighted by atomic mass is 16.2. The topological polar surface area (TPSA) is 96.3 Å². The number of rotatable bonds is 7. The zero-order chi connectivity index (χ0) is 23.2. The summed E-state index contributed by atoms with van der Waals surface area (Å²) < 4.78 is 1.76. The van der Waals surface area contributed by atoms with Crippen molar-refractivity contribution >= 4 is 28.4 Å². The number of nitrogens with zero attached hydrogens (tertiary/aromatic N) is 3. The molecule has 8 nitrogen and oxygen atoms in total. The molecule has 1 aromatic carbocycles. The zero-order valence-corrected chi connectivity index (χ0v) is 19.6. The Kier molecular flexibility index (Phi) is 7.75. The van der Waals surface area contributed by atoms with Gasteiger partial charge >= 0.3 is 0 Å². The Balaban J connectivity index is 1.27. The summed E-state index contributed by atoms with van der Waals surface area (Å²) in [7, 11) is 0. The van der Waals surface area contributed by atoms with Crippen molar-refractivity contribution in [1.82, 2.24) is 19.8 Å². The summed E-state index contributed by atoms with van der Waals surface area (Å²) in [4.78, 5) is 44.6. The van der Waals surface area contributed by atoms with E-state index in [1.807, 2.05) is 0 Å². The third-order valence-corrected chi connectivity index (χ3v) is 6.77. The van der Waals surface area contributed by atoms with Gasteiger partial charge in [0, 0.05) is 25.2 Å². The van der Waals surface area contributed by atoms with Crippen molar-refractivity contribution in [3.05, 3.63) is 34.4 Å². The lowest BCUT2D eigenvalue weighted by Gasteiger charge is -2.30. The van der Waals surface area contributed by atoms with Crippen LogP contribution in [0.25, 0.3) is 10.9 Å². The number of amides is 2. The molecule has 0 radical (unpaired) electrons. The molecule has 1 aromatic heterocycles. The summed E-state index contributed by atoms with van der Waals surface area (Å²) in [5.74, 6) is 0.979. The predicted molar refractivity (Wildman–Crippen MR) is 129 cm³/mol. The maximum Gasteiger partial charge on any atom is 0.261 e. The first-order chi connectivity index (χ1) is 16.0. The lowest BCUT2D eigenvalue weighted by atomic mass is 9.99. The number of fused-ring (bicyclic) bond motifs is 2. The van der Waals surface area contributed by atoms with Crippen LogP contribution < -0.4 is 16.2 Å².